The van der Waals surface area contributed by atoms with Crippen LogP contribution in [0.5, 0.6) is 11.5 Å². The van der Waals surface area contributed by atoms with Gasteiger partial charge in [-0.15, -0.1) is 0 Å². The normalized spacial score (nSPS) is 14.0. The van der Waals surface area contributed by atoms with Crippen molar-refractivity contribution in [1.82, 2.24) is 14.1 Å². The van der Waals surface area contributed by atoms with E-state index in [4.69, 9.17) is 23.4 Å². The van der Waals surface area contributed by atoms with Crippen LogP contribution in [0.15, 0.2) is 182 Å². The Labute approximate surface area is 346 Å². The lowest BCUT2D eigenvalue weighted by molar-refractivity contribution is -0.571. The number of benzene rings is 7. The molecule has 0 radical (unpaired) electrons. The Bertz CT molecular complexity index is 3550. The van der Waals surface area contributed by atoms with Crippen molar-refractivity contribution in [2.45, 2.75) is 26.7 Å². The van der Waals surface area contributed by atoms with E-state index in [0.717, 1.165) is 33.2 Å². The molecule has 274 valence electrons. The summed E-state index contributed by atoms with van der Waals surface area (Å²) in [5.74, 6) is 2.24. The summed E-state index contributed by atoms with van der Waals surface area (Å²) in [4.78, 5) is 4.79. The maximum absolute atomic E-state index is 9.03. The first-order valence-electron chi connectivity index (χ1n) is 23.7. The largest absolute Gasteiger partial charge is 0.458 e. The highest BCUT2D eigenvalue weighted by Crippen LogP contribution is 2.37. The Morgan fingerprint density at radius 3 is 2.07 bits per heavy atom. The number of rotatable bonds is 8. The number of hydrogen-bond donors (Lipinski definition) is 0. The number of fused-ring (bicyclic) bond motifs is 4. The van der Waals surface area contributed by atoms with Crippen molar-refractivity contribution in [3.63, 3.8) is 0 Å². The van der Waals surface area contributed by atoms with E-state index in [0.29, 0.717) is 34.1 Å². The summed E-state index contributed by atoms with van der Waals surface area (Å²) >= 11 is 0. The van der Waals surface area contributed by atoms with Crippen LogP contribution in [0.4, 0.5) is 0 Å². The van der Waals surface area contributed by atoms with Crippen molar-refractivity contribution < 1.29 is 23.0 Å². The minimum Gasteiger partial charge on any atom is -0.458 e. The molecule has 0 unspecified atom stereocenters. The molecule has 0 aliphatic heterocycles. The second-order valence-electron chi connectivity index (χ2n) is 14.1. The van der Waals surface area contributed by atoms with Crippen LogP contribution in [-0.2, 0) is 0 Å². The van der Waals surface area contributed by atoms with E-state index in [-0.39, 0.29) is 27.9 Å². The smallest absolute Gasteiger partial charge is 0.269 e. The SMILES string of the molecule is [2H]c1c([2H])c([2H])c(-c2cccc(-c3c([2H])c([2H])c([2H])c([2H])c3[2H])c2-[n+]2[c-]n(-c3cccc(Oc4ccc5c6ccccc6n(-c6cc(C(C)C)ccn6)c5c4)c3)c3cccc(C)c32)c([2H])c1[2H]. The van der Waals surface area contributed by atoms with Crippen molar-refractivity contribution in [1.29, 1.82) is 0 Å². The number of imidazole rings is 1. The molecule has 0 aliphatic rings. The molecule has 10 rings (SSSR count). The molecule has 7 aromatic carbocycles. The quantitative estimate of drug-likeness (QED) is 0.115. The Morgan fingerprint density at radius 1 is 0.649 bits per heavy atom. The van der Waals surface area contributed by atoms with Crippen molar-refractivity contribution in [3.8, 4) is 50.9 Å². The van der Waals surface area contributed by atoms with Gasteiger partial charge in [0, 0.05) is 23.0 Å². The molecule has 5 heteroatoms. The van der Waals surface area contributed by atoms with E-state index in [1.165, 1.54) is 5.56 Å². The molecular weight excluding hydrogens is 697 g/mol. The molecule has 0 saturated carbocycles. The summed E-state index contributed by atoms with van der Waals surface area (Å²) in [6, 6.07) is 31.2. The highest BCUT2D eigenvalue weighted by atomic mass is 16.5. The lowest BCUT2D eigenvalue weighted by Crippen LogP contribution is -2.32. The number of pyridine rings is 1. The number of para-hydroxylation sites is 3. The molecule has 0 bridgehead atoms. The number of aryl methyl sites for hydroxylation is 1. The summed E-state index contributed by atoms with van der Waals surface area (Å²) in [6.07, 6.45) is 5.31. The van der Waals surface area contributed by atoms with E-state index >= 15 is 0 Å². The topological polar surface area (TPSA) is 35.9 Å². The predicted molar refractivity (Wildman–Crippen MR) is 232 cm³/mol. The van der Waals surface area contributed by atoms with Gasteiger partial charge in [0.2, 0.25) is 0 Å². The van der Waals surface area contributed by atoms with E-state index in [1.807, 2.05) is 90.5 Å². The first-order chi connectivity index (χ1) is 32.2. The van der Waals surface area contributed by atoms with Gasteiger partial charge in [-0.2, -0.15) is 0 Å². The van der Waals surface area contributed by atoms with Gasteiger partial charge in [-0.1, -0.05) is 135 Å². The van der Waals surface area contributed by atoms with Gasteiger partial charge in [0.05, 0.1) is 47.1 Å². The van der Waals surface area contributed by atoms with Crippen LogP contribution in [0.1, 0.15) is 44.6 Å². The third kappa shape index (κ3) is 6.05. The molecule has 3 heterocycles. The molecule has 3 aromatic heterocycles. The Morgan fingerprint density at radius 2 is 1.32 bits per heavy atom. The molecular formula is C52H40N4O. The van der Waals surface area contributed by atoms with E-state index in [9.17, 15) is 0 Å². The summed E-state index contributed by atoms with van der Waals surface area (Å²) in [5, 5.41) is 2.14. The monoisotopic (exact) mass is 746 g/mol. The van der Waals surface area contributed by atoms with Crippen LogP contribution in [0.25, 0.3) is 72.3 Å². The predicted octanol–water partition coefficient (Wildman–Crippen LogP) is 12.8. The molecule has 0 spiro atoms. The Kier molecular flexibility index (Phi) is 6.20. The summed E-state index contributed by atoms with van der Waals surface area (Å²) in [6.45, 7) is 6.22. The standard InChI is InChI=1S/C52H40N4O/c1-35(2)39-29-30-53-50(31-39)56-47-25-11-10-22-45(47)46-28-27-42(33-49(46)56)57-41-21-13-20-40(32-41)54-34-55(51-36(3)15-12-26-48(51)54)52-43(37-16-6-4-7-17-37)23-14-24-44(52)38-18-8-5-9-19-38/h4-33,35H,1-3H3/i4D,5D,6D,7D,8D,9D,16D,17D,18D,19D. The van der Waals surface area contributed by atoms with Gasteiger partial charge in [-0.05, 0) is 94.8 Å². The molecule has 0 N–H and O–H groups in total. The molecule has 0 amide bonds. The second kappa shape index (κ2) is 14.1. The van der Waals surface area contributed by atoms with Gasteiger partial charge in [0.15, 0.2) is 0 Å². The van der Waals surface area contributed by atoms with Crippen LogP contribution >= 0.6 is 0 Å². The Hall–Kier alpha value is -7.24. The summed E-state index contributed by atoms with van der Waals surface area (Å²) in [5.41, 5.74) is 6.10. The highest BCUT2D eigenvalue weighted by molar-refractivity contribution is 6.09. The van der Waals surface area contributed by atoms with E-state index in [2.05, 4.69) is 49.0 Å². The molecule has 0 saturated heterocycles. The first kappa shape index (κ1) is 25.0. The minimum absolute atomic E-state index is 0.125. The third-order valence-corrected chi connectivity index (χ3v) is 10.3. The average molecular weight is 747 g/mol. The highest BCUT2D eigenvalue weighted by Gasteiger charge is 2.21. The number of aromatic nitrogens is 4. The molecule has 10 aromatic rings. The summed E-state index contributed by atoms with van der Waals surface area (Å²) < 4.78 is 99.3. The van der Waals surface area contributed by atoms with Crippen molar-refractivity contribution in [3.05, 3.63) is 199 Å². The lowest BCUT2D eigenvalue weighted by Gasteiger charge is -2.17. The van der Waals surface area contributed by atoms with Crippen LogP contribution < -0.4 is 9.30 Å². The van der Waals surface area contributed by atoms with Crippen LogP contribution in [0.2, 0.25) is 0 Å². The van der Waals surface area contributed by atoms with E-state index < -0.39 is 60.4 Å². The zero-order valence-corrected chi connectivity index (χ0v) is 31.3. The van der Waals surface area contributed by atoms with Gasteiger partial charge >= 0.3 is 0 Å². The minimum atomic E-state index is -0.563. The zero-order chi connectivity index (χ0) is 47.2. The first-order valence-corrected chi connectivity index (χ1v) is 18.7. The second-order valence-corrected chi connectivity index (χ2v) is 14.1. The van der Waals surface area contributed by atoms with Crippen LogP contribution in [-0.4, -0.2) is 14.1 Å². The van der Waals surface area contributed by atoms with Gasteiger partial charge in [-0.25, -0.2) is 4.98 Å². The van der Waals surface area contributed by atoms with Gasteiger partial charge in [-0.3, -0.25) is 13.7 Å². The number of hydrogen-bond acceptors (Lipinski definition) is 2. The molecule has 5 nitrogen and oxygen atoms in total. The van der Waals surface area contributed by atoms with E-state index in [1.54, 1.807) is 22.8 Å². The number of nitrogens with zero attached hydrogens (tertiary/aromatic N) is 4. The van der Waals surface area contributed by atoms with Crippen molar-refractivity contribution in [2.24, 2.45) is 0 Å². The molecule has 0 atom stereocenters. The molecule has 0 fully saturated rings. The number of ether oxygens (including phenoxy) is 1. The maximum atomic E-state index is 9.03. The average Bonchev–Trinajstić information content (AvgIpc) is 3.88. The fraction of sp³-hybridized carbons (Fsp3) is 0.0769. The van der Waals surface area contributed by atoms with Gasteiger partial charge in [0.25, 0.3) is 6.33 Å². The summed E-state index contributed by atoms with van der Waals surface area (Å²) in [7, 11) is 0. The third-order valence-electron chi connectivity index (χ3n) is 10.3. The van der Waals surface area contributed by atoms with Crippen molar-refractivity contribution in [2.75, 3.05) is 0 Å². The Balaban J connectivity index is 1.17. The fourth-order valence-electron chi connectivity index (χ4n) is 7.63. The van der Waals surface area contributed by atoms with Crippen molar-refractivity contribution >= 4 is 32.8 Å². The van der Waals surface area contributed by atoms with Gasteiger partial charge in [0.1, 0.15) is 17.3 Å². The zero-order valence-electron chi connectivity index (χ0n) is 41.3. The maximum Gasteiger partial charge on any atom is 0.269 e. The lowest BCUT2D eigenvalue weighted by atomic mass is 9.95. The molecule has 57 heavy (non-hydrogen) atoms. The molecule has 0 aliphatic carbocycles. The van der Waals surface area contributed by atoms with Crippen LogP contribution in [0.3, 0.4) is 0 Å². The van der Waals surface area contributed by atoms with Crippen LogP contribution in [0, 0.1) is 13.3 Å². The fourth-order valence-corrected chi connectivity index (χ4v) is 7.63. The van der Waals surface area contributed by atoms with Gasteiger partial charge < -0.3 is 4.74 Å².